The number of hydrogen-bond acceptors (Lipinski definition) is 5. The molecule has 6 heteroatoms. The predicted molar refractivity (Wildman–Crippen MR) is 77.1 cm³/mol. The maximum atomic E-state index is 6.08. The Bertz CT molecular complexity index is 247. The van der Waals surface area contributed by atoms with Crippen LogP contribution >= 0.6 is 22.6 Å². The average Bonchev–Trinajstić information content (AvgIpc) is 2.23. The van der Waals surface area contributed by atoms with Crippen molar-refractivity contribution in [2.45, 2.75) is 54.0 Å². The van der Waals surface area contributed by atoms with Crippen LogP contribution in [-0.4, -0.2) is 46.9 Å². The van der Waals surface area contributed by atoms with Crippen molar-refractivity contribution in [3.63, 3.8) is 0 Å². The van der Waals surface area contributed by atoms with Gasteiger partial charge in [0.25, 0.3) is 0 Å². The lowest BCUT2D eigenvalue weighted by molar-refractivity contribution is 0.248. The van der Waals surface area contributed by atoms with E-state index in [-0.39, 0.29) is 34.1 Å². The molecule has 0 radical (unpaired) electrons. The largest absolute Gasteiger partial charge is 0.325 e. The molecule has 1 saturated carbocycles. The van der Waals surface area contributed by atoms with E-state index in [4.69, 9.17) is 17.2 Å². The Kier molecular flexibility index (Phi) is 5.11. The number of halogens is 1. The van der Waals surface area contributed by atoms with E-state index in [1.807, 2.05) is 0 Å². The molecule has 0 heterocycles. The SMILES string of the molecule is C=NC1C(N)C(N)C(N)C(I)C1NC(C)C. The van der Waals surface area contributed by atoms with Crippen LogP contribution in [0, 0.1) is 0 Å². The van der Waals surface area contributed by atoms with E-state index in [0.717, 1.165) is 0 Å². The summed E-state index contributed by atoms with van der Waals surface area (Å²) in [4.78, 5) is 4.12. The summed E-state index contributed by atoms with van der Waals surface area (Å²) >= 11 is 2.33. The minimum atomic E-state index is -0.227. The van der Waals surface area contributed by atoms with E-state index in [1.54, 1.807) is 0 Å². The summed E-state index contributed by atoms with van der Waals surface area (Å²) in [5.41, 5.74) is 18.2. The first kappa shape index (κ1) is 14.3. The fourth-order valence-electron chi connectivity index (χ4n) is 2.17. The lowest BCUT2D eigenvalue weighted by Gasteiger charge is -2.45. The van der Waals surface area contributed by atoms with Gasteiger partial charge in [-0.1, -0.05) is 36.4 Å². The molecule has 7 N–H and O–H groups in total. The molecule has 0 aromatic carbocycles. The number of nitrogens with one attached hydrogen (secondary N) is 1. The molecule has 1 fully saturated rings. The third kappa shape index (κ3) is 2.73. The molecule has 5 nitrogen and oxygen atoms in total. The Labute approximate surface area is 111 Å². The first-order valence-electron chi connectivity index (χ1n) is 5.52. The molecule has 1 aliphatic carbocycles. The second kappa shape index (κ2) is 5.72. The summed E-state index contributed by atoms with van der Waals surface area (Å²) in [5, 5.41) is 3.46. The van der Waals surface area contributed by atoms with E-state index in [1.165, 1.54) is 0 Å². The van der Waals surface area contributed by atoms with E-state index in [2.05, 4.69) is 53.5 Å². The molecule has 0 amide bonds. The Balaban J connectivity index is 2.88. The standard InChI is InChI=1S/C10H22IN5/c1-4(2)16-9-5(11)6(12)7(13)8(14)10(9)15-3/h4-10,16H,3,12-14H2,1-2H3. The quantitative estimate of drug-likeness (QED) is 0.308. The summed E-state index contributed by atoms with van der Waals surface area (Å²) in [5.74, 6) is 0. The average molecular weight is 339 g/mol. The Hall–Kier alpha value is 0.240. The zero-order valence-electron chi connectivity index (χ0n) is 9.81. The van der Waals surface area contributed by atoms with E-state index >= 15 is 0 Å². The van der Waals surface area contributed by atoms with Gasteiger partial charge < -0.3 is 22.5 Å². The molecule has 0 aromatic heterocycles. The molecule has 0 spiro atoms. The van der Waals surface area contributed by atoms with E-state index in [0.29, 0.717) is 6.04 Å². The molecule has 0 aliphatic heterocycles. The maximum absolute atomic E-state index is 6.08. The van der Waals surface area contributed by atoms with Crippen molar-refractivity contribution in [2.24, 2.45) is 22.2 Å². The minimum Gasteiger partial charge on any atom is -0.325 e. The minimum absolute atomic E-state index is 0.0703. The monoisotopic (exact) mass is 339 g/mol. The Morgan fingerprint density at radius 1 is 1.19 bits per heavy atom. The van der Waals surface area contributed by atoms with Crippen LogP contribution in [0.5, 0.6) is 0 Å². The van der Waals surface area contributed by atoms with Crippen molar-refractivity contribution in [3.8, 4) is 0 Å². The highest BCUT2D eigenvalue weighted by Gasteiger charge is 2.45. The van der Waals surface area contributed by atoms with E-state index in [9.17, 15) is 0 Å². The summed E-state index contributed by atoms with van der Waals surface area (Å²) in [6.07, 6.45) is 0. The summed E-state index contributed by atoms with van der Waals surface area (Å²) < 4.78 is 0.213. The van der Waals surface area contributed by atoms with Crippen molar-refractivity contribution < 1.29 is 0 Å². The Morgan fingerprint density at radius 3 is 2.19 bits per heavy atom. The fourth-order valence-corrected chi connectivity index (χ4v) is 3.29. The third-order valence-electron chi connectivity index (χ3n) is 3.10. The fraction of sp³-hybridized carbons (Fsp3) is 0.900. The van der Waals surface area contributed by atoms with Crippen LogP contribution in [0.2, 0.25) is 0 Å². The molecular weight excluding hydrogens is 317 g/mol. The van der Waals surface area contributed by atoms with Gasteiger partial charge in [0.15, 0.2) is 0 Å². The van der Waals surface area contributed by atoms with Gasteiger partial charge in [0, 0.05) is 34.1 Å². The molecule has 16 heavy (non-hydrogen) atoms. The lowest BCUT2D eigenvalue weighted by atomic mass is 9.80. The molecule has 6 atom stereocenters. The van der Waals surface area contributed by atoms with Crippen LogP contribution < -0.4 is 22.5 Å². The van der Waals surface area contributed by atoms with Gasteiger partial charge in [-0.2, -0.15) is 0 Å². The number of rotatable bonds is 3. The van der Waals surface area contributed by atoms with Crippen LogP contribution in [0.25, 0.3) is 0 Å². The van der Waals surface area contributed by atoms with Gasteiger partial charge in [-0.15, -0.1) is 0 Å². The van der Waals surface area contributed by atoms with Gasteiger partial charge in [-0.3, -0.25) is 4.99 Å². The second-order valence-corrected chi connectivity index (χ2v) is 6.14. The second-order valence-electron chi connectivity index (χ2n) is 4.70. The predicted octanol–water partition coefficient (Wildman–Crippen LogP) is -0.779. The zero-order chi connectivity index (χ0) is 12.5. The van der Waals surface area contributed by atoms with Crippen molar-refractivity contribution >= 4 is 29.3 Å². The number of nitrogens with two attached hydrogens (primary N) is 3. The van der Waals surface area contributed by atoms with Crippen molar-refractivity contribution in [1.82, 2.24) is 5.32 Å². The highest BCUT2D eigenvalue weighted by molar-refractivity contribution is 14.1. The molecule has 0 saturated heterocycles. The van der Waals surface area contributed by atoms with Gasteiger partial charge in [0.05, 0.1) is 6.04 Å². The normalized spacial score (nSPS) is 44.7. The molecule has 1 aliphatic rings. The zero-order valence-corrected chi connectivity index (χ0v) is 12.0. The van der Waals surface area contributed by atoms with E-state index < -0.39 is 0 Å². The smallest absolute Gasteiger partial charge is 0.0822 e. The molecule has 0 bridgehead atoms. The van der Waals surface area contributed by atoms with Crippen molar-refractivity contribution in [3.05, 3.63) is 0 Å². The number of nitrogens with zero attached hydrogens (tertiary/aromatic N) is 1. The lowest BCUT2D eigenvalue weighted by Crippen LogP contribution is -2.72. The molecule has 94 valence electrons. The Morgan fingerprint density at radius 2 is 1.75 bits per heavy atom. The van der Waals surface area contributed by atoms with Crippen LogP contribution in [0.15, 0.2) is 4.99 Å². The van der Waals surface area contributed by atoms with Crippen LogP contribution in [0.3, 0.4) is 0 Å². The van der Waals surface area contributed by atoms with Crippen LogP contribution in [0.4, 0.5) is 0 Å². The topological polar surface area (TPSA) is 102 Å². The first-order chi connectivity index (χ1) is 7.40. The number of alkyl halides is 1. The van der Waals surface area contributed by atoms with Crippen molar-refractivity contribution in [2.75, 3.05) is 0 Å². The summed E-state index contributed by atoms with van der Waals surface area (Å²) in [6.45, 7) is 7.80. The molecular formula is C10H22IN5. The van der Waals surface area contributed by atoms with Crippen LogP contribution in [-0.2, 0) is 0 Å². The first-order valence-corrected chi connectivity index (χ1v) is 6.77. The van der Waals surface area contributed by atoms with Gasteiger partial charge in [0.2, 0.25) is 0 Å². The van der Waals surface area contributed by atoms with Gasteiger partial charge >= 0.3 is 0 Å². The number of aliphatic imine (C=N–C) groups is 1. The molecule has 6 unspecified atom stereocenters. The van der Waals surface area contributed by atoms with Crippen LogP contribution in [0.1, 0.15) is 13.8 Å². The highest BCUT2D eigenvalue weighted by atomic mass is 127. The van der Waals surface area contributed by atoms with Crippen molar-refractivity contribution in [1.29, 1.82) is 0 Å². The molecule has 0 aromatic rings. The summed E-state index contributed by atoms with van der Waals surface area (Å²) in [7, 11) is 0. The maximum Gasteiger partial charge on any atom is 0.0822 e. The van der Waals surface area contributed by atoms with Gasteiger partial charge in [0.1, 0.15) is 0 Å². The number of hydrogen-bond donors (Lipinski definition) is 4. The van der Waals surface area contributed by atoms with Gasteiger partial charge in [-0.25, -0.2) is 0 Å². The molecule has 1 rings (SSSR count). The summed E-state index contributed by atoms with van der Waals surface area (Å²) in [6, 6.07) is -0.121. The highest BCUT2D eigenvalue weighted by Crippen LogP contribution is 2.26. The third-order valence-corrected chi connectivity index (χ3v) is 4.70. The van der Waals surface area contributed by atoms with Gasteiger partial charge in [-0.05, 0) is 6.72 Å².